The number of ketones is 1. The Hall–Kier alpha value is -1.85. The van der Waals surface area contributed by atoms with Crippen LogP contribution in [0.3, 0.4) is 0 Å². The van der Waals surface area contributed by atoms with Crippen molar-refractivity contribution in [3.63, 3.8) is 0 Å². The van der Waals surface area contributed by atoms with Gasteiger partial charge in [-0.2, -0.15) is 0 Å². The average molecular weight is 243 g/mol. The first kappa shape index (κ1) is 15.2. The van der Waals surface area contributed by atoms with E-state index in [4.69, 9.17) is 5.73 Å². The van der Waals surface area contributed by atoms with Gasteiger partial charge in [-0.25, -0.2) is 0 Å². The second-order valence-electron chi connectivity index (χ2n) is 3.23. The van der Waals surface area contributed by atoms with Crippen LogP contribution in [-0.4, -0.2) is 30.9 Å². The highest BCUT2D eigenvalue weighted by Gasteiger charge is 2.35. The third kappa shape index (κ3) is 5.14. The highest BCUT2D eigenvalue weighted by atomic mass is 16.6. The van der Waals surface area contributed by atoms with E-state index in [1.165, 1.54) is 6.92 Å². The van der Waals surface area contributed by atoms with Gasteiger partial charge in [-0.3, -0.25) is 14.4 Å². The third-order valence-corrected chi connectivity index (χ3v) is 1.70. The number of hydrogen-bond donors (Lipinski definition) is 1. The maximum atomic E-state index is 11.6. The van der Waals surface area contributed by atoms with Gasteiger partial charge < -0.3 is 15.2 Å². The van der Waals surface area contributed by atoms with Crippen LogP contribution in [0.5, 0.6) is 0 Å². The number of ether oxygens (including phenoxy) is 2. The van der Waals surface area contributed by atoms with Gasteiger partial charge in [-0.15, -0.1) is 0 Å². The van der Waals surface area contributed by atoms with Crippen LogP contribution in [0.2, 0.25) is 0 Å². The predicted molar refractivity (Wildman–Crippen MR) is 59.7 cm³/mol. The van der Waals surface area contributed by atoms with E-state index < -0.39 is 23.6 Å². The lowest BCUT2D eigenvalue weighted by Crippen LogP contribution is -2.34. The largest absolute Gasteiger partial charge is 0.465 e. The molecule has 0 aliphatic heterocycles. The Labute approximate surface area is 99.8 Å². The van der Waals surface area contributed by atoms with Crippen LogP contribution < -0.4 is 5.73 Å². The van der Waals surface area contributed by atoms with Gasteiger partial charge in [0.25, 0.3) is 0 Å². The smallest absolute Gasteiger partial charge is 0.328 e. The van der Waals surface area contributed by atoms with Crippen molar-refractivity contribution in [3.05, 3.63) is 11.8 Å². The van der Waals surface area contributed by atoms with Gasteiger partial charge >= 0.3 is 11.9 Å². The highest BCUT2D eigenvalue weighted by Crippen LogP contribution is 2.07. The zero-order valence-electron chi connectivity index (χ0n) is 10.2. The number of rotatable bonds is 6. The fraction of sp³-hybridized carbons (Fsp3) is 0.545. The molecule has 0 fully saturated rings. The number of nitrogens with two attached hydrogens (primary N) is 1. The summed E-state index contributed by atoms with van der Waals surface area (Å²) in [5, 5.41) is 0. The predicted octanol–water partition coefficient (Wildman–Crippen LogP) is 0.160. The molecule has 17 heavy (non-hydrogen) atoms. The molecule has 0 amide bonds. The Morgan fingerprint density at radius 1 is 1.12 bits per heavy atom. The van der Waals surface area contributed by atoms with Crippen LogP contribution in [0.1, 0.15) is 20.8 Å². The fourth-order valence-electron chi connectivity index (χ4n) is 1.09. The van der Waals surface area contributed by atoms with Crippen molar-refractivity contribution in [1.29, 1.82) is 0 Å². The summed E-state index contributed by atoms with van der Waals surface area (Å²) in [5.74, 6) is -4.17. The normalized spacial score (nSPS) is 11.2. The first-order valence-corrected chi connectivity index (χ1v) is 5.24. The molecule has 96 valence electrons. The van der Waals surface area contributed by atoms with E-state index in [0.29, 0.717) is 0 Å². The Bertz CT molecular complexity index is 313. The molecule has 0 unspecified atom stereocenters. The van der Waals surface area contributed by atoms with Gasteiger partial charge in [-0.1, -0.05) is 0 Å². The summed E-state index contributed by atoms with van der Waals surface area (Å²) >= 11 is 0. The van der Waals surface area contributed by atoms with Gasteiger partial charge in [0, 0.05) is 11.8 Å². The Morgan fingerprint density at radius 3 is 1.82 bits per heavy atom. The number of carbonyl (C=O) groups is 3. The standard InChI is InChI=1S/C11H17NO5/c1-4-16-10(14)9(11(15)17-5-2)8(13)6-7(3)12/h6,9H,4-5,12H2,1-3H3/b7-6-. The van der Waals surface area contributed by atoms with Crippen LogP contribution in [0, 0.1) is 5.92 Å². The second-order valence-corrected chi connectivity index (χ2v) is 3.23. The summed E-state index contributed by atoms with van der Waals surface area (Å²) in [5.41, 5.74) is 5.52. The molecule has 0 aromatic carbocycles. The molecule has 0 aromatic rings. The topological polar surface area (TPSA) is 95.7 Å². The first-order chi connectivity index (χ1) is 7.93. The summed E-state index contributed by atoms with van der Waals surface area (Å²) in [4.78, 5) is 34.6. The minimum Gasteiger partial charge on any atom is -0.465 e. The van der Waals surface area contributed by atoms with Crippen molar-refractivity contribution in [2.75, 3.05) is 13.2 Å². The number of allylic oxidation sites excluding steroid dienone is 2. The van der Waals surface area contributed by atoms with Crippen molar-refractivity contribution in [2.24, 2.45) is 11.7 Å². The molecule has 0 radical (unpaired) electrons. The molecular weight excluding hydrogens is 226 g/mol. The van der Waals surface area contributed by atoms with Gasteiger partial charge in [0.2, 0.25) is 5.92 Å². The maximum absolute atomic E-state index is 11.6. The molecule has 0 saturated carbocycles. The molecule has 6 heteroatoms. The average Bonchev–Trinajstić information content (AvgIpc) is 2.17. The summed E-state index contributed by atoms with van der Waals surface area (Å²) < 4.78 is 9.29. The lowest BCUT2D eigenvalue weighted by atomic mass is 10.0. The molecule has 0 aromatic heterocycles. The van der Waals surface area contributed by atoms with Gasteiger partial charge in [0.05, 0.1) is 13.2 Å². The van der Waals surface area contributed by atoms with Crippen LogP contribution in [-0.2, 0) is 23.9 Å². The summed E-state index contributed by atoms with van der Waals surface area (Å²) in [6.07, 6.45) is 1.01. The first-order valence-electron chi connectivity index (χ1n) is 5.24. The summed E-state index contributed by atoms with van der Waals surface area (Å²) in [6.45, 7) is 4.79. The van der Waals surface area contributed by atoms with Crippen molar-refractivity contribution >= 4 is 17.7 Å². The van der Waals surface area contributed by atoms with E-state index in [2.05, 4.69) is 9.47 Å². The molecule has 0 spiro atoms. The van der Waals surface area contributed by atoms with E-state index in [1.54, 1.807) is 13.8 Å². The quantitative estimate of drug-likeness (QED) is 0.405. The van der Waals surface area contributed by atoms with Gasteiger partial charge in [0.1, 0.15) is 0 Å². The number of hydrogen-bond acceptors (Lipinski definition) is 6. The number of carbonyl (C=O) groups excluding carboxylic acids is 3. The molecule has 0 heterocycles. The summed E-state index contributed by atoms with van der Waals surface area (Å²) in [6, 6.07) is 0. The zero-order chi connectivity index (χ0) is 13.4. The molecule has 0 saturated heterocycles. The second kappa shape index (κ2) is 7.43. The van der Waals surface area contributed by atoms with Crippen LogP contribution in [0.25, 0.3) is 0 Å². The lowest BCUT2D eigenvalue weighted by Gasteiger charge is -2.11. The van der Waals surface area contributed by atoms with Crippen molar-refractivity contribution in [1.82, 2.24) is 0 Å². The van der Waals surface area contributed by atoms with Gasteiger partial charge in [0.15, 0.2) is 5.78 Å². The van der Waals surface area contributed by atoms with E-state index in [1.807, 2.05) is 0 Å². The summed E-state index contributed by atoms with van der Waals surface area (Å²) in [7, 11) is 0. The molecule has 0 aliphatic carbocycles. The fourth-order valence-corrected chi connectivity index (χ4v) is 1.09. The minimum atomic E-state index is -1.59. The monoisotopic (exact) mass is 243 g/mol. The van der Waals surface area contributed by atoms with Gasteiger partial charge in [-0.05, 0) is 20.8 Å². The van der Waals surface area contributed by atoms with Crippen molar-refractivity contribution in [3.8, 4) is 0 Å². The molecule has 0 rings (SSSR count). The van der Waals surface area contributed by atoms with Crippen molar-refractivity contribution in [2.45, 2.75) is 20.8 Å². The number of esters is 2. The van der Waals surface area contributed by atoms with Crippen LogP contribution in [0.15, 0.2) is 11.8 Å². The van der Waals surface area contributed by atoms with E-state index in [0.717, 1.165) is 6.08 Å². The minimum absolute atomic E-state index is 0.0767. The van der Waals surface area contributed by atoms with Crippen LogP contribution in [0.4, 0.5) is 0 Å². The Balaban J connectivity index is 4.97. The Morgan fingerprint density at radius 2 is 1.53 bits per heavy atom. The van der Waals surface area contributed by atoms with E-state index in [-0.39, 0.29) is 18.9 Å². The van der Waals surface area contributed by atoms with Crippen LogP contribution >= 0.6 is 0 Å². The Kier molecular flexibility index (Phi) is 6.62. The zero-order valence-corrected chi connectivity index (χ0v) is 10.2. The molecule has 0 aliphatic rings. The molecule has 0 bridgehead atoms. The molecular formula is C11H17NO5. The lowest BCUT2D eigenvalue weighted by molar-refractivity contribution is -0.163. The SMILES string of the molecule is CCOC(=O)C(C(=O)/C=C(/C)N)C(=O)OCC. The third-order valence-electron chi connectivity index (χ3n) is 1.70. The molecule has 6 nitrogen and oxygen atoms in total. The molecule has 2 N–H and O–H groups in total. The van der Waals surface area contributed by atoms with Crippen molar-refractivity contribution < 1.29 is 23.9 Å². The highest BCUT2D eigenvalue weighted by molar-refractivity contribution is 6.18. The molecule has 0 atom stereocenters. The van der Waals surface area contributed by atoms with E-state index in [9.17, 15) is 14.4 Å². The maximum Gasteiger partial charge on any atom is 0.328 e. The van der Waals surface area contributed by atoms with E-state index >= 15 is 0 Å².